The van der Waals surface area contributed by atoms with Gasteiger partial charge in [0.25, 0.3) is 0 Å². The standard InChI is InChI=1S/C16H26O3Si/c1-16(2,3)20(4,5)19-12-15-9-13(6-7-17)8-14(10-15)11-18/h8-11,17H,6-7,12H2,1-5H3. The summed E-state index contributed by atoms with van der Waals surface area (Å²) in [4.78, 5) is 11.0. The molecule has 0 aliphatic carbocycles. The maximum Gasteiger partial charge on any atom is 0.192 e. The molecule has 0 amide bonds. The molecule has 20 heavy (non-hydrogen) atoms. The first-order valence-electron chi connectivity index (χ1n) is 7.02. The van der Waals surface area contributed by atoms with Crippen molar-refractivity contribution in [1.82, 2.24) is 0 Å². The molecule has 4 heteroatoms. The second kappa shape index (κ2) is 6.65. The fourth-order valence-corrected chi connectivity index (χ4v) is 2.66. The summed E-state index contributed by atoms with van der Waals surface area (Å²) in [5, 5.41) is 9.20. The van der Waals surface area contributed by atoms with Gasteiger partial charge in [0.15, 0.2) is 8.32 Å². The van der Waals surface area contributed by atoms with E-state index in [0.717, 1.165) is 17.4 Å². The van der Waals surface area contributed by atoms with E-state index >= 15 is 0 Å². The van der Waals surface area contributed by atoms with E-state index in [2.05, 4.69) is 33.9 Å². The lowest BCUT2D eigenvalue weighted by Crippen LogP contribution is -2.40. The summed E-state index contributed by atoms with van der Waals surface area (Å²) in [5.41, 5.74) is 2.62. The number of aliphatic hydroxyl groups excluding tert-OH is 1. The van der Waals surface area contributed by atoms with Gasteiger partial charge in [-0.15, -0.1) is 0 Å². The zero-order valence-electron chi connectivity index (χ0n) is 13.2. The van der Waals surface area contributed by atoms with Gasteiger partial charge < -0.3 is 9.53 Å². The third-order valence-electron chi connectivity index (χ3n) is 4.02. The van der Waals surface area contributed by atoms with Crippen molar-refractivity contribution in [2.45, 2.75) is 51.9 Å². The van der Waals surface area contributed by atoms with E-state index in [9.17, 15) is 4.79 Å². The van der Waals surface area contributed by atoms with Crippen molar-refractivity contribution in [3.05, 3.63) is 34.9 Å². The molecule has 0 aliphatic rings. The fourth-order valence-electron chi connectivity index (χ4n) is 1.70. The Morgan fingerprint density at radius 1 is 1.20 bits per heavy atom. The molecular weight excluding hydrogens is 268 g/mol. The molecule has 1 rings (SSSR count). The van der Waals surface area contributed by atoms with Crippen LogP contribution in [-0.4, -0.2) is 26.3 Å². The number of aliphatic hydroxyl groups is 1. The van der Waals surface area contributed by atoms with Crippen LogP contribution in [0, 0.1) is 0 Å². The molecule has 0 aromatic heterocycles. The van der Waals surface area contributed by atoms with Crippen molar-refractivity contribution < 1.29 is 14.3 Å². The molecule has 0 radical (unpaired) electrons. The molecule has 112 valence electrons. The average Bonchev–Trinajstić information content (AvgIpc) is 2.35. The predicted molar refractivity (Wildman–Crippen MR) is 84.6 cm³/mol. The number of carbonyl (C=O) groups is 1. The molecule has 1 aromatic carbocycles. The monoisotopic (exact) mass is 294 g/mol. The lowest BCUT2D eigenvalue weighted by atomic mass is 10.0. The van der Waals surface area contributed by atoms with E-state index in [0.29, 0.717) is 18.6 Å². The van der Waals surface area contributed by atoms with Crippen LogP contribution in [0.1, 0.15) is 42.3 Å². The van der Waals surface area contributed by atoms with Crippen molar-refractivity contribution in [2.75, 3.05) is 6.61 Å². The van der Waals surface area contributed by atoms with Crippen molar-refractivity contribution in [1.29, 1.82) is 0 Å². The van der Waals surface area contributed by atoms with E-state index < -0.39 is 8.32 Å². The topological polar surface area (TPSA) is 46.5 Å². The van der Waals surface area contributed by atoms with Gasteiger partial charge >= 0.3 is 0 Å². The van der Waals surface area contributed by atoms with Gasteiger partial charge in [0.2, 0.25) is 0 Å². The summed E-state index contributed by atoms with van der Waals surface area (Å²) in [6.45, 7) is 11.7. The lowest BCUT2D eigenvalue weighted by Gasteiger charge is -2.36. The number of benzene rings is 1. The van der Waals surface area contributed by atoms with Crippen LogP contribution in [0.2, 0.25) is 18.1 Å². The largest absolute Gasteiger partial charge is 0.413 e. The summed E-state index contributed by atoms with van der Waals surface area (Å²) in [6.07, 6.45) is 1.41. The van der Waals surface area contributed by atoms with Crippen LogP contribution in [0.3, 0.4) is 0 Å². The Morgan fingerprint density at radius 2 is 1.80 bits per heavy atom. The minimum Gasteiger partial charge on any atom is -0.413 e. The van der Waals surface area contributed by atoms with Crippen LogP contribution >= 0.6 is 0 Å². The second-order valence-corrected chi connectivity index (χ2v) is 11.5. The maximum absolute atomic E-state index is 11.0. The molecule has 0 unspecified atom stereocenters. The average molecular weight is 294 g/mol. The highest BCUT2D eigenvalue weighted by atomic mass is 28.4. The minimum absolute atomic E-state index is 0.0881. The molecule has 0 aliphatic heterocycles. The first-order chi connectivity index (χ1) is 9.19. The molecule has 1 aromatic rings. The Kier molecular flexibility index (Phi) is 5.68. The SMILES string of the molecule is CC(C)(C)[Si](C)(C)OCc1cc(C=O)cc(CCO)c1. The predicted octanol–water partition coefficient (Wildman–Crippen LogP) is 3.56. The molecule has 0 fully saturated rings. The van der Waals surface area contributed by atoms with Crippen LogP contribution in [0.15, 0.2) is 18.2 Å². The second-order valence-electron chi connectivity index (χ2n) is 6.72. The zero-order valence-corrected chi connectivity index (χ0v) is 14.2. The van der Waals surface area contributed by atoms with Gasteiger partial charge in [-0.1, -0.05) is 26.8 Å². The Morgan fingerprint density at radius 3 is 2.30 bits per heavy atom. The Labute approximate surface area is 123 Å². The molecule has 0 saturated carbocycles. The molecular formula is C16H26O3Si. The summed E-state index contributed by atoms with van der Waals surface area (Å²) < 4.78 is 6.17. The van der Waals surface area contributed by atoms with E-state index in [-0.39, 0.29) is 11.6 Å². The van der Waals surface area contributed by atoms with Crippen LogP contribution in [0.5, 0.6) is 0 Å². The van der Waals surface area contributed by atoms with Crippen LogP contribution < -0.4 is 0 Å². The summed E-state index contributed by atoms with van der Waals surface area (Å²) >= 11 is 0. The first-order valence-corrected chi connectivity index (χ1v) is 9.93. The van der Waals surface area contributed by atoms with Gasteiger partial charge in [-0.05, 0) is 47.8 Å². The van der Waals surface area contributed by atoms with Crippen molar-refractivity contribution in [2.24, 2.45) is 0 Å². The Hall–Kier alpha value is -0.973. The van der Waals surface area contributed by atoms with Crippen molar-refractivity contribution >= 4 is 14.6 Å². The molecule has 0 saturated heterocycles. The number of carbonyl (C=O) groups excluding carboxylic acids is 1. The number of aldehydes is 1. The van der Waals surface area contributed by atoms with Crippen molar-refractivity contribution in [3.8, 4) is 0 Å². The van der Waals surface area contributed by atoms with E-state index in [1.54, 1.807) is 0 Å². The maximum atomic E-state index is 11.0. The minimum atomic E-state index is -1.79. The van der Waals surface area contributed by atoms with Gasteiger partial charge in [0.1, 0.15) is 6.29 Å². The van der Waals surface area contributed by atoms with E-state index in [4.69, 9.17) is 9.53 Å². The van der Waals surface area contributed by atoms with Gasteiger partial charge in [-0.25, -0.2) is 0 Å². The van der Waals surface area contributed by atoms with E-state index in [1.165, 1.54) is 0 Å². The normalized spacial score (nSPS) is 12.5. The fraction of sp³-hybridized carbons (Fsp3) is 0.562. The van der Waals surface area contributed by atoms with Crippen LogP contribution in [0.25, 0.3) is 0 Å². The van der Waals surface area contributed by atoms with Crippen LogP contribution in [0.4, 0.5) is 0 Å². The third-order valence-corrected chi connectivity index (χ3v) is 8.50. The number of hydrogen-bond acceptors (Lipinski definition) is 3. The Bertz CT molecular complexity index is 461. The van der Waals surface area contributed by atoms with E-state index in [1.807, 2.05) is 18.2 Å². The van der Waals surface area contributed by atoms with Gasteiger partial charge in [-0.2, -0.15) is 0 Å². The third kappa shape index (κ3) is 4.54. The lowest BCUT2D eigenvalue weighted by molar-refractivity contribution is 0.112. The molecule has 1 N–H and O–H groups in total. The smallest absolute Gasteiger partial charge is 0.192 e. The molecule has 0 heterocycles. The summed E-state index contributed by atoms with van der Waals surface area (Å²) in [6, 6.07) is 5.69. The van der Waals surface area contributed by atoms with Gasteiger partial charge in [0.05, 0.1) is 6.61 Å². The molecule has 0 spiro atoms. The highest BCUT2D eigenvalue weighted by Crippen LogP contribution is 2.37. The van der Waals surface area contributed by atoms with Crippen LogP contribution in [-0.2, 0) is 17.5 Å². The Balaban J connectivity index is 2.87. The first kappa shape index (κ1) is 17.1. The van der Waals surface area contributed by atoms with Gasteiger partial charge in [-0.3, -0.25) is 4.79 Å². The summed E-state index contributed by atoms with van der Waals surface area (Å²) in [5.74, 6) is 0. The summed E-state index contributed by atoms with van der Waals surface area (Å²) in [7, 11) is -1.79. The zero-order chi connectivity index (χ0) is 15.4. The molecule has 0 atom stereocenters. The van der Waals surface area contributed by atoms with Crippen molar-refractivity contribution in [3.63, 3.8) is 0 Å². The quantitative estimate of drug-likeness (QED) is 0.644. The molecule has 0 bridgehead atoms. The highest BCUT2D eigenvalue weighted by molar-refractivity contribution is 6.74. The van der Waals surface area contributed by atoms with Gasteiger partial charge in [0, 0.05) is 12.2 Å². The molecule has 3 nitrogen and oxygen atoms in total. The highest BCUT2D eigenvalue weighted by Gasteiger charge is 2.37. The number of rotatable bonds is 6. The number of hydrogen-bond donors (Lipinski definition) is 1.